The van der Waals surface area contributed by atoms with Gasteiger partial charge in [-0.2, -0.15) is 0 Å². The van der Waals surface area contributed by atoms with Crippen LogP contribution in [-0.4, -0.2) is 16.5 Å². The fourth-order valence-electron chi connectivity index (χ4n) is 2.30. The lowest BCUT2D eigenvalue weighted by Gasteiger charge is -2.07. The second-order valence-corrected chi connectivity index (χ2v) is 4.83. The van der Waals surface area contributed by atoms with E-state index in [1.165, 1.54) is 0 Å². The third-order valence-corrected chi connectivity index (χ3v) is 3.34. The molecule has 20 heavy (non-hydrogen) atoms. The zero-order valence-corrected chi connectivity index (χ0v) is 11.7. The molecular formula is C17H17N3. The first-order chi connectivity index (χ1) is 9.78. The van der Waals surface area contributed by atoms with Crippen molar-refractivity contribution < 1.29 is 0 Å². The van der Waals surface area contributed by atoms with Crippen molar-refractivity contribution in [3.8, 4) is 11.3 Å². The Kier molecular flexibility index (Phi) is 3.33. The van der Waals surface area contributed by atoms with Crippen LogP contribution < -0.4 is 5.32 Å². The van der Waals surface area contributed by atoms with Crippen LogP contribution in [0.25, 0.3) is 22.2 Å². The van der Waals surface area contributed by atoms with E-state index in [9.17, 15) is 0 Å². The summed E-state index contributed by atoms with van der Waals surface area (Å²) < 4.78 is 0. The number of anilines is 1. The molecule has 0 atom stereocenters. The minimum absolute atomic E-state index is 0.930. The van der Waals surface area contributed by atoms with Gasteiger partial charge in [-0.3, -0.25) is 4.98 Å². The van der Waals surface area contributed by atoms with Gasteiger partial charge >= 0.3 is 0 Å². The summed E-state index contributed by atoms with van der Waals surface area (Å²) in [6.45, 7) is 5.07. The second kappa shape index (κ2) is 5.29. The summed E-state index contributed by atoms with van der Waals surface area (Å²) in [6, 6.07) is 12.5. The van der Waals surface area contributed by atoms with Gasteiger partial charge in [0.05, 0.1) is 11.2 Å². The van der Waals surface area contributed by atoms with Gasteiger partial charge in [0.25, 0.3) is 0 Å². The van der Waals surface area contributed by atoms with Crippen molar-refractivity contribution in [2.24, 2.45) is 0 Å². The van der Waals surface area contributed by atoms with Crippen LogP contribution >= 0.6 is 0 Å². The molecule has 3 nitrogen and oxygen atoms in total. The van der Waals surface area contributed by atoms with Gasteiger partial charge in [0.15, 0.2) is 0 Å². The van der Waals surface area contributed by atoms with E-state index in [-0.39, 0.29) is 0 Å². The summed E-state index contributed by atoms with van der Waals surface area (Å²) in [5.74, 6) is 0. The molecule has 0 radical (unpaired) electrons. The van der Waals surface area contributed by atoms with E-state index >= 15 is 0 Å². The van der Waals surface area contributed by atoms with Crippen LogP contribution in [0.5, 0.6) is 0 Å². The first kappa shape index (κ1) is 12.6. The average Bonchev–Trinajstić information content (AvgIpc) is 2.49. The fraction of sp³-hybridized carbons (Fsp3) is 0.176. The summed E-state index contributed by atoms with van der Waals surface area (Å²) in [6.07, 6.45) is 3.71. The number of hydrogen-bond donors (Lipinski definition) is 1. The van der Waals surface area contributed by atoms with Crippen LogP contribution in [0, 0.1) is 6.92 Å². The van der Waals surface area contributed by atoms with E-state index in [0.29, 0.717) is 0 Å². The van der Waals surface area contributed by atoms with Crippen LogP contribution in [0.15, 0.2) is 48.8 Å². The average molecular weight is 263 g/mol. The maximum atomic E-state index is 4.76. The quantitative estimate of drug-likeness (QED) is 0.775. The van der Waals surface area contributed by atoms with Gasteiger partial charge in [-0.15, -0.1) is 0 Å². The highest BCUT2D eigenvalue weighted by atomic mass is 14.8. The molecule has 0 aliphatic carbocycles. The summed E-state index contributed by atoms with van der Waals surface area (Å²) in [7, 11) is 0. The first-order valence-corrected chi connectivity index (χ1v) is 6.83. The SMILES string of the molecule is CCNc1ccc(-c2ccc3cncc(C)c3n2)cc1. The predicted octanol–water partition coefficient (Wildman–Crippen LogP) is 4.04. The molecule has 0 spiro atoms. The van der Waals surface area contributed by atoms with Gasteiger partial charge in [-0.05, 0) is 43.7 Å². The number of aromatic nitrogens is 2. The number of fused-ring (bicyclic) bond motifs is 1. The molecule has 0 saturated heterocycles. The molecule has 0 fully saturated rings. The summed E-state index contributed by atoms with van der Waals surface area (Å²) in [4.78, 5) is 8.96. The fourth-order valence-corrected chi connectivity index (χ4v) is 2.30. The van der Waals surface area contributed by atoms with Gasteiger partial charge < -0.3 is 5.32 Å². The Morgan fingerprint density at radius 1 is 1.00 bits per heavy atom. The van der Waals surface area contributed by atoms with Crippen LogP contribution in [0.4, 0.5) is 5.69 Å². The molecule has 0 saturated carbocycles. The minimum atomic E-state index is 0.930. The highest BCUT2D eigenvalue weighted by molar-refractivity contribution is 5.83. The van der Waals surface area contributed by atoms with Crippen molar-refractivity contribution in [1.82, 2.24) is 9.97 Å². The molecule has 0 unspecified atom stereocenters. The van der Waals surface area contributed by atoms with Gasteiger partial charge in [0, 0.05) is 35.6 Å². The Balaban J connectivity index is 2.03. The van der Waals surface area contributed by atoms with E-state index in [1.807, 2.05) is 25.4 Å². The van der Waals surface area contributed by atoms with Gasteiger partial charge in [-0.25, -0.2) is 4.98 Å². The molecule has 3 aromatic rings. The van der Waals surface area contributed by atoms with E-state index in [4.69, 9.17) is 4.98 Å². The van der Waals surface area contributed by atoms with E-state index in [0.717, 1.165) is 40.0 Å². The van der Waals surface area contributed by atoms with Crippen molar-refractivity contribution >= 4 is 16.6 Å². The molecule has 1 aromatic carbocycles. The largest absolute Gasteiger partial charge is 0.385 e. The first-order valence-electron chi connectivity index (χ1n) is 6.83. The maximum Gasteiger partial charge on any atom is 0.0769 e. The number of nitrogens with one attached hydrogen (secondary N) is 1. The molecule has 0 amide bonds. The Morgan fingerprint density at radius 2 is 1.80 bits per heavy atom. The number of nitrogens with zero attached hydrogens (tertiary/aromatic N) is 2. The number of hydrogen-bond acceptors (Lipinski definition) is 3. The molecule has 3 rings (SSSR count). The highest BCUT2D eigenvalue weighted by Gasteiger charge is 2.04. The van der Waals surface area contributed by atoms with Crippen LogP contribution in [0.1, 0.15) is 12.5 Å². The summed E-state index contributed by atoms with van der Waals surface area (Å²) in [5, 5.41) is 4.38. The number of pyridine rings is 2. The zero-order chi connectivity index (χ0) is 13.9. The highest BCUT2D eigenvalue weighted by Crippen LogP contribution is 2.23. The zero-order valence-electron chi connectivity index (χ0n) is 11.7. The normalized spacial score (nSPS) is 10.7. The third-order valence-electron chi connectivity index (χ3n) is 3.34. The molecule has 3 heteroatoms. The molecule has 2 heterocycles. The lowest BCUT2D eigenvalue weighted by molar-refractivity contribution is 1.21. The molecular weight excluding hydrogens is 246 g/mol. The van der Waals surface area contributed by atoms with Crippen molar-refractivity contribution in [2.75, 3.05) is 11.9 Å². The Labute approximate surface area is 118 Å². The molecule has 0 aliphatic rings. The molecule has 0 aliphatic heterocycles. The Hall–Kier alpha value is -2.42. The van der Waals surface area contributed by atoms with Crippen molar-refractivity contribution in [3.05, 3.63) is 54.4 Å². The second-order valence-electron chi connectivity index (χ2n) is 4.83. The topological polar surface area (TPSA) is 37.8 Å². The van der Waals surface area contributed by atoms with Crippen molar-refractivity contribution in [2.45, 2.75) is 13.8 Å². The van der Waals surface area contributed by atoms with Gasteiger partial charge in [0.2, 0.25) is 0 Å². The molecule has 1 N–H and O–H groups in total. The summed E-state index contributed by atoms with van der Waals surface area (Å²) >= 11 is 0. The lowest BCUT2D eigenvalue weighted by atomic mass is 10.1. The minimum Gasteiger partial charge on any atom is -0.385 e. The van der Waals surface area contributed by atoms with Crippen molar-refractivity contribution in [3.63, 3.8) is 0 Å². The molecule has 100 valence electrons. The van der Waals surface area contributed by atoms with Crippen LogP contribution in [-0.2, 0) is 0 Å². The smallest absolute Gasteiger partial charge is 0.0769 e. The number of benzene rings is 1. The van der Waals surface area contributed by atoms with E-state index in [1.54, 1.807) is 0 Å². The van der Waals surface area contributed by atoms with E-state index < -0.39 is 0 Å². The van der Waals surface area contributed by atoms with Gasteiger partial charge in [0.1, 0.15) is 0 Å². The Morgan fingerprint density at radius 3 is 2.55 bits per heavy atom. The van der Waals surface area contributed by atoms with Gasteiger partial charge in [-0.1, -0.05) is 12.1 Å². The third kappa shape index (κ3) is 2.35. The monoisotopic (exact) mass is 263 g/mol. The summed E-state index contributed by atoms with van der Waals surface area (Å²) in [5.41, 5.74) is 5.39. The number of aryl methyl sites for hydroxylation is 1. The van der Waals surface area contributed by atoms with Crippen LogP contribution in [0.2, 0.25) is 0 Å². The maximum absolute atomic E-state index is 4.76. The Bertz CT molecular complexity index is 733. The predicted molar refractivity (Wildman–Crippen MR) is 83.9 cm³/mol. The standard InChI is InChI=1S/C17H17N3/c1-3-19-15-7-4-13(5-8-15)16-9-6-14-11-18-10-12(2)17(14)20-16/h4-11,19H,3H2,1-2H3. The molecule has 2 aromatic heterocycles. The number of rotatable bonds is 3. The molecule has 0 bridgehead atoms. The van der Waals surface area contributed by atoms with Crippen LogP contribution in [0.3, 0.4) is 0 Å². The lowest BCUT2D eigenvalue weighted by Crippen LogP contribution is -1.95. The van der Waals surface area contributed by atoms with E-state index in [2.05, 4.69) is 47.6 Å². The van der Waals surface area contributed by atoms with Crippen molar-refractivity contribution in [1.29, 1.82) is 0 Å².